The predicted octanol–water partition coefficient (Wildman–Crippen LogP) is 3.32. The van der Waals surface area contributed by atoms with Gasteiger partial charge in [0, 0.05) is 12.1 Å². The van der Waals surface area contributed by atoms with Crippen LogP contribution in [0.25, 0.3) is 0 Å². The topological polar surface area (TPSA) is 20.3 Å². The summed E-state index contributed by atoms with van der Waals surface area (Å²) in [5, 5.41) is -0.231. The third-order valence-corrected chi connectivity index (χ3v) is 4.41. The molecule has 0 bridgehead atoms. The predicted molar refractivity (Wildman–Crippen MR) is 82.5 cm³/mol. The van der Waals surface area contributed by atoms with E-state index in [1.165, 1.54) is 12.0 Å². The smallest absolute Gasteiger partial charge is 0.236 e. The molecule has 2 rings (SSSR count). The first-order valence-corrected chi connectivity index (χ1v) is 7.65. The quantitative estimate of drug-likeness (QED) is 0.840. The molecule has 0 aliphatic carbocycles. The van der Waals surface area contributed by atoms with Crippen molar-refractivity contribution < 1.29 is 4.79 Å². The molecule has 1 aromatic rings. The van der Waals surface area contributed by atoms with Gasteiger partial charge in [-0.1, -0.05) is 30.3 Å². The lowest BCUT2D eigenvalue weighted by Crippen LogP contribution is -2.50. The maximum atomic E-state index is 12.6. The van der Waals surface area contributed by atoms with Crippen molar-refractivity contribution in [2.75, 3.05) is 0 Å². The number of hydrogen-bond donors (Lipinski definition) is 1. The van der Waals surface area contributed by atoms with Crippen molar-refractivity contribution in [3.05, 3.63) is 35.9 Å². The van der Waals surface area contributed by atoms with Gasteiger partial charge in [0.15, 0.2) is 0 Å². The minimum Gasteiger partial charge on any atom is -0.336 e. The molecule has 1 fully saturated rings. The minimum atomic E-state index is -0.231. The summed E-state index contributed by atoms with van der Waals surface area (Å²) in [6.45, 7) is 4.30. The largest absolute Gasteiger partial charge is 0.336 e. The number of amides is 1. The Morgan fingerprint density at radius 3 is 2.42 bits per heavy atom. The number of likely N-dealkylation sites (tertiary alicyclic amines) is 1. The second-order valence-electron chi connectivity index (χ2n) is 5.58. The summed E-state index contributed by atoms with van der Waals surface area (Å²) in [5.74, 6) is 0.187. The van der Waals surface area contributed by atoms with Crippen molar-refractivity contribution >= 4 is 18.5 Å². The van der Waals surface area contributed by atoms with Gasteiger partial charge in [0.25, 0.3) is 0 Å². The summed E-state index contributed by atoms with van der Waals surface area (Å²) < 4.78 is 0. The molecule has 1 amide bonds. The first-order chi connectivity index (χ1) is 9.09. The van der Waals surface area contributed by atoms with E-state index < -0.39 is 0 Å². The zero-order valence-electron chi connectivity index (χ0n) is 11.7. The molecule has 0 N–H and O–H groups in total. The first-order valence-electron chi connectivity index (χ1n) is 7.13. The van der Waals surface area contributed by atoms with Crippen LogP contribution in [0.5, 0.6) is 0 Å². The molecule has 104 valence electrons. The maximum Gasteiger partial charge on any atom is 0.236 e. The van der Waals surface area contributed by atoms with Gasteiger partial charge in [-0.3, -0.25) is 4.79 Å². The standard InChI is InChI=1S/C16H23NOS/c1-12-7-6-8-13(2)17(12)16(18)15(19)11-14-9-4-3-5-10-14/h3-5,9-10,12-13,15,19H,6-8,11H2,1-2H3/t12-,13+,15?. The molecule has 19 heavy (non-hydrogen) atoms. The second kappa shape index (κ2) is 6.47. The Morgan fingerprint density at radius 2 is 1.84 bits per heavy atom. The number of benzene rings is 1. The van der Waals surface area contributed by atoms with Crippen LogP contribution in [-0.4, -0.2) is 28.1 Å². The van der Waals surface area contributed by atoms with E-state index in [0.717, 1.165) is 12.8 Å². The van der Waals surface area contributed by atoms with Crippen LogP contribution in [0.15, 0.2) is 30.3 Å². The van der Waals surface area contributed by atoms with Crippen molar-refractivity contribution in [3.8, 4) is 0 Å². The van der Waals surface area contributed by atoms with Crippen LogP contribution in [-0.2, 0) is 11.2 Å². The van der Waals surface area contributed by atoms with Crippen LogP contribution >= 0.6 is 12.6 Å². The number of carbonyl (C=O) groups excluding carboxylic acids is 1. The normalized spacial score (nSPS) is 25.1. The fraction of sp³-hybridized carbons (Fsp3) is 0.562. The lowest BCUT2D eigenvalue weighted by molar-refractivity contribution is -0.136. The minimum absolute atomic E-state index is 0.187. The molecular weight excluding hydrogens is 254 g/mol. The van der Waals surface area contributed by atoms with Gasteiger partial charge in [0.1, 0.15) is 0 Å². The van der Waals surface area contributed by atoms with Gasteiger partial charge in [0.05, 0.1) is 5.25 Å². The fourth-order valence-corrected chi connectivity index (χ4v) is 3.30. The van der Waals surface area contributed by atoms with Gasteiger partial charge < -0.3 is 4.90 Å². The van der Waals surface area contributed by atoms with E-state index in [2.05, 4.69) is 38.6 Å². The Kier molecular flexibility index (Phi) is 4.92. The average molecular weight is 277 g/mol. The molecule has 0 aromatic heterocycles. The van der Waals surface area contributed by atoms with Crippen molar-refractivity contribution in [1.29, 1.82) is 0 Å². The highest BCUT2D eigenvalue weighted by Gasteiger charge is 2.31. The zero-order valence-corrected chi connectivity index (χ0v) is 12.6. The second-order valence-corrected chi connectivity index (χ2v) is 6.20. The van der Waals surface area contributed by atoms with E-state index in [4.69, 9.17) is 0 Å². The van der Waals surface area contributed by atoms with Crippen LogP contribution in [0.4, 0.5) is 0 Å². The molecule has 3 atom stereocenters. The maximum absolute atomic E-state index is 12.6. The number of rotatable bonds is 3. The number of thiol groups is 1. The van der Waals surface area contributed by atoms with Crippen LogP contribution < -0.4 is 0 Å². The fourth-order valence-electron chi connectivity index (χ4n) is 2.95. The number of hydrogen-bond acceptors (Lipinski definition) is 2. The van der Waals surface area contributed by atoms with Crippen LogP contribution in [0, 0.1) is 0 Å². The Morgan fingerprint density at radius 1 is 1.26 bits per heavy atom. The zero-order chi connectivity index (χ0) is 13.8. The molecule has 3 heteroatoms. The van der Waals surface area contributed by atoms with Crippen LogP contribution in [0.2, 0.25) is 0 Å². The van der Waals surface area contributed by atoms with E-state index in [9.17, 15) is 4.79 Å². The molecule has 0 spiro atoms. The summed E-state index contributed by atoms with van der Waals surface area (Å²) in [5.41, 5.74) is 1.17. The highest BCUT2D eigenvalue weighted by Crippen LogP contribution is 2.25. The van der Waals surface area contributed by atoms with E-state index in [0.29, 0.717) is 18.5 Å². The third kappa shape index (κ3) is 3.53. The third-order valence-electron chi connectivity index (χ3n) is 4.00. The molecule has 2 nitrogen and oxygen atoms in total. The highest BCUT2D eigenvalue weighted by atomic mass is 32.1. The summed E-state index contributed by atoms with van der Waals surface area (Å²) in [6.07, 6.45) is 4.16. The summed E-state index contributed by atoms with van der Waals surface area (Å²) in [4.78, 5) is 14.6. The SMILES string of the molecule is C[C@@H]1CCC[C@H](C)N1C(=O)C(S)Cc1ccccc1. The van der Waals surface area contributed by atoms with Gasteiger partial charge in [0.2, 0.25) is 5.91 Å². The average Bonchev–Trinajstić information content (AvgIpc) is 2.39. The molecule has 1 heterocycles. The summed E-state index contributed by atoms with van der Waals surface area (Å²) in [6, 6.07) is 10.8. The van der Waals surface area contributed by atoms with Crippen molar-refractivity contribution in [2.45, 2.75) is 56.9 Å². The van der Waals surface area contributed by atoms with Crippen LogP contribution in [0.1, 0.15) is 38.7 Å². The Bertz CT molecular complexity index is 410. The Labute approximate surface area is 121 Å². The molecule has 1 aliphatic heterocycles. The Balaban J connectivity index is 2.02. The first kappa shape index (κ1) is 14.4. The van der Waals surface area contributed by atoms with Crippen molar-refractivity contribution in [1.82, 2.24) is 4.90 Å². The van der Waals surface area contributed by atoms with Gasteiger partial charge in [-0.2, -0.15) is 12.6 Å². The van der Waals surface area contributed by atoms with E-state index >= 15 is 0 Å². The lowest BCUT2D eigenvalue weighted by atomic mass is 9.96. The molecule has 1 saturated heterocycles. The molecule has 1 unspecified atom stereocenters. The van der Waals surface area contributed by atoms with Crippen molar-refractivity contribution in [3.63, 3.8) is 0 Å². The Hall–Kier alpha value is -0.960. The van der Waals surface area contributed by atoms with Gasteiger partial charge in [-0.25, -0.2) is 0 Å². The molecule has 0 saturated carbocycles. The molecular formula is C16H23NOS. The van der Waals surface area contributed by atoms with E-state index in [-0.39, 0.29) is 11.2 Å². The van der Waals surface area contributed by atoms with Gasteiger partial charge >= 0.3 is 0 Å². The monoisotopic (exact) mass is 277 g/mol. The summed E-state index contributed by atoms with van der Waals surface area (Å²) >= 11 is 4.54. The summed E-state index contributed by atoms with van der Waals surface area (Å²) in [7, 11) is 0. The number of piperidine rings is 1. The van der Waals surface area contributed by atoms with Crippen molar-refractivity contribution in [2.24, 2.45) is 0 Å². The van der Waals surface area contributed by atoms with Crippen LogP contribution in [0.3, 0.4) is 0 Å². The molecule has 0 radical (unpaired) electrons. The lowest BCUT2D eigenvalue weighted by Gasteiger charge is -2.40. The van der Waals surface area contributed by atoms with E-state index in [1.54, 1.807) is 0 Å². The molecule has 1 aliphatic rings. The van der Waals surface area contributed by atoms with E-state index in [1.807, 2.05) is 23.1 Å². The number of carbonyl (C=O) groups is 1. The molecule has 1 aromatic carbocycles. The van der Waals surface area contributed by atoms with Gasteiger partial charge in [-0.15, -0.1) is 0 Å². The van der Waals surface area contributed by atoms with Gasteiger partial charge in [-0.05, 0) is 45.1 Å². The number of nitrogens with zero attached hydrogens (tertiary/aromatic N) is 1. The highest BCUT2D eigenvalue weighted by molar-refractivity contribution is 7.81.